The predicted octanol–water partition coefficient (Wildman–Crippen LogP) is 2.32. The van der Waals surface area contributed by atoms with Crippen LogP contribution in [0.5, 0.6) is 0 Å². The Labute approximate surface area is 119 Å². The van der Waals surface area contributed by atoms with Crippen molar-refractivity contribution in [2.75, 3.05) is 38.9 Å². The summed E-state index contributed by atoms with van der Waals surface area (Å²) < 4.78 is 10.3. The first kappa shape index (κ1) is 16.2. The third-order valence-corrected chi connectivity index (χ3v) is 3.37. The summed E-state index contributed by atoms with van der Waals surface area (Å²) in [6.07, 6.45) is 0. The summed E-state index contributed by atoms with van der Waals surface area (Å²) in [4.78, 5) is 2.18. The average molecular weight is 288 g/mol. The monoisotopic (exact) mass is 287 g/mol. The highest BCUT2D eigenvalue weighted by Gasteiger charge is 2.15. The van der Waals surface area contributed by atoms with Gasteiger partial charge in [0.25, 0.3) is 0 Å². The lowest BCUT2D eigenvalue weighted by molar-refractivity contribution is 0.171. The van der Waals surface area contributed by atoms with Crippen molar-refractivity contribution in [3.05, 3.63) is 28.8 Å². The summed E-state index contributed by atoms with van der Waals surface area (Å²) >= 11 is 6.14. The van der Waals surface area contributed by atoms with Crippen molar-refractivity contribution in [1.82, 2.24) is 0 Å². The largest absolute Gasteiger partial charge is 0.392 e. The normalized spacial score (nSPS) is 12.5. The van der Waals surface area contributed by atoms with Crippen LogP contribution in [0.1, 0.15) is 12.5 Å². The highest BCUT2D eigenvalue weighted by molar-refractivity contribution is 6.31. The van der Waals surface area contributed by atoms with E-state index in [4.69, 9.17) is 26.2 Å². The van der Waals surface area contributed by atoms with Crippen molar-refractivity contribution in [2.24, 2.45) is 0 Å². The van der Waals surface area contributed by atoms with E-state index in [0.29, 0.717) is 18.2 Å². The van der Waals surface area contributed by atoms with E-state index in [2.05, 4.69) is 11.8 Å². The molecule has 1 N–H and O–H groups in total. The van der Waals surface area contributed by atoms with E-state index < -0.39 is 0 Å². The quantitative estimate of drug-likeness (QED) is 0.797. The predicted molar refractivity (Wildman–Crippen MR) is 77.9 cm³/mol. The van der Waals surface area contributed by atoms with E-state index in [1.54, 1.807) is 14.2 Å². The Bertz CT molecular complexity index is 387. The van der Waals surface area contributed by atoms with Crippen molar-refractivity contribution in [2.45, 2.75) is 19.6 Å². The smallest absolute Gasteiger partial charge is 0.0696 e. The Kier molecular flexibility index (Phi) is 7.16. The summed E-state index contributed by atoms with van der Waals surface area (Å²) in [6, 6.07) is 5.89. The van der Waals surface area contributed by atoms with Crippen molar-refractivity contribution in [1.29, 1.82) is 0 Å². The number of hydrogen-bond acceptors (Lipinski definition) is 4. The summed E-state index contributed by atoms with van der Waals surface area (Å²) in [7, 11) is 3.37. The maximum absolute atomic E-state index is 9.14. The van der Waals surface area contributed by atoms with Crippen LogP contribution in [0.4, 0.5) is 5.69 Å². The molecule has 1 atom stereocenters. The van der Waals surface area contributed by atoms with Crippen LogP contribution in [0.15, 0.2) is 18.2 Å². The number of aliphatic hydroxyl groups is 1. The van der Waals surface area contributed by atoms with Crippen LogP contribution >= 0.6 is 11.6 Å². The number of benzene rings is 1. The van der Waals surface area contributed by atoms with Gasteiger partial charge in [-0.25, -0.2) is 0 Å². The first-order valence-electron chi connectivity index (χ1n) is 6.27. The van der Waals surface area contributed by atoms with Crippen molar-refractivity contribution >= 4 is 17.3 Å². The fourth-order valence-corrected chi connectivity index (χ4v) is 2.20. The van der Waals surface area contributed by atoms with Crippen molar-refractivity contribution < 1.29 is 14.6 Å². The molecule has 5 heteroatoms. The zero-order valence-corrected chi connectivity index (χ0v) is 12.5. The van der Waals surface area contributed by atoms with Gasteiger partial charge in [0.2, 0.25) is 0 Å². The van der Waals surface area contributed by atoms with Crippen LogP contribution in [0, 0.1) is 0 Å². The Morgan fingerprint density at radius 2 is 2.05 bits per heavy atom. The van der Waals surface area contributed by atoms with Crippen LogP contribution in [0.25, 0.3) is 0 Å². The molecule has 1 aromatic carbocycles. The highest BCUT2D eigenvalue weighted by atomic mass is 35.5. The number of rotatable bonds is 8. The molecule has 108 valence electrons. The van der Waals surface area contributed by atoms with Gasteiger partial charge in [0.15, 0.2) is 0 Å². The van der Waals surface area contributed by atoms with E-state index in [0.717, 1.165) is 17.8 Å². The third kappa shape index (κ3) is 4.66. The van der Waals surface area contributed by atoms with Gasteiger partial charge in [-0.3, -0.25) is 0 Å². The molecule has 0 heterocycles. The molecule has 0 aliphatic carbocycles. The van der Waals surface area contributed by atoms with E-state index in [1.165, 1.54) is 0 Å². The average Bonchev–Trinajstić information content (AvgIpc) is 2.39. The van der Waals surface area contributed by atoms with E-state index in [1.807, 2.05) is 18.2 Å². The molecule has 1 unspecified atom stereocenters. The molecule has 1 rings (SSSR count). The maximum atomic E-state index is 9.14. The van der Waals surface area contributed by atoms with Gasteiger partial charge in [-0.2, -0.15) is 0 Å². The summed E-state index contributed by atoms with van der Waals surface area (Å²) in [5, 5.41) is 9.72. The van der Waals surface area contributed by atoms with Crippen LogP contribution in [0.2, 0.25) is 5.02 Å². The number of methoxy groups -OCH3 is 2. The minimum Gasteiger partial charge on any atom is -0.392 e. The molecule has 1 aromatic rings. The Morgan fingerprint density at radius 1 is 1.32 bits per heavy atom. The van der Waals surface area contributed by atoms with E-state index in [9.17, 15) is 0 Å². The zero-order valence-electron chi connectivity index (χ0n) is 11.7. The van der Waals surface area contributed by atoms with E-state index >= 15 is 0 Å². The lowest BCUT2D eigenvalue weighted by atomic mass is 10.1. The van der Waals surface area contributed by atoms with Crippen LogP contribution in [-0.2, 0) is 16.1 Å². The number of anilines is 1. The fourth-order valence-electron chi connectivity index (χ4n) is 1.97. The number of halogens is 1. The molecule has 0 bridgehead atoms. The summed E-state index contributed by atoms with van der Waals surface area (Å²) in [5.41, 5.74) is 1.74. The molecule has 0 radical (unpaired) electrons. The van der Waals surface area contributed by atoms with Gasteiger partial charge >= 0.3 is 0 Å². The standard InChI is InChI=1S/C14H22ClNO3/c1-11(10-19-3)16(6-7-18-2)13-5-4-12(9-17)14(15)8-13/h4-5,8,11,17H,6-7,9-10H2,1-3H3. The van der Waals surface area contributed by atoms with Gasteiger partial charge in [-0.05, 0) is 24.6 Å². The van der Waals surface area contributed by atoms with Crippen molar-refractivity contribution in [3.63, 3.8) is 0 Å². The number of ether oxygens (including phenoxy) is 2. The van der Waals surface area contributed by atoms with Gasteiger partial charge in [0, 0.05) is 37.5 Å². The highest BCUT2D eigenvalue weighted by Crippen LogP contribution is 2.25. The molecular weight excluding hydrogens is 266 g/mol. The zero-order chi connectivity index (χ0) is 14.3. The summed E-state index contributed by atoms with van der Waals surface area (Å²) in [5.74, 6) is 0. The molecule has 19 heavy (non-hydrogen) atoms. The molecule has 0 saturated heterocycles. The number of aliphatic hydroxyl groups excluding tert-OH is 1. The topological polar surface area (TPSA) is 41.9 Å². The molecule has 0 aliphatic heterocycles. The minimum atomic E-state index is -0.0508. The van der Waals surface area contributed by atoms with Gasteiger partial charge in [-0.15, -0.1) is 0 Å². The summed E-state index contributed by atoms with van der Waals surface area (Å²) in [6.45, 7) is 4.06. The molecule has 0 fully saturated rings. The maximum Gasteiger partial charge on any atom is 0.0696 e. The second kappa shape index (κ2) is 8.38. The molecule has 0 amide bonds. The molecule has 4 nitrogen and oxygen atoms in total. The third-order valence-electron chi connectivity index (χ3n) is 3.01. The first-order chi connectivity index (χ1) is 9.13. The lowest BCUT2D eigenvalue weighted by Gasteiger charge is -2.31. The van der Waals surface area contributed by atoms with Crippen LogP contribution in [0.3, 0.4) is 0 Å². The van der Waals surface area contributed by atoms with Gasteiger partial charge < -0.3 is 19.5 Å². The van der Waals surface area contributed by atoms with Crippen LogP contribution in [-0.4, -0.2) is 45.1 Å². The van der Waals surface area contributed by atoms with Gasteiger partial charge in [0.1, 0.15) is 0 Å². The molecule has 0 spiro atoms. The van der Waals surface area contributed by atoms with Gasteiger partial charge in [-0.1, -0.05) is 17.7 Å². The second-order valence-corrected chi connectivity index (χ2v) is 4.83. The molecule has 0 aliphatic rings. The minimum absolute atomic E-state index is 0.0508. The molecule has 0 saturated carbocycles. The van der Waals surface area contributed by atoms with Crippen molar-refractivity contribution in [3.8, 4) is 0 Å². The Hall–Kier alpha value is -0.810. The SMILES string of the molecule is COCCN(c1ccc(CO)c(Cl)c1)C(C)COC. The number of hydrogen-bond donors (Lipinski definition) is 1. The Balaban J connectivity index is 2.92. The fraction of sp³-hybridized carbons (Fsp3) is 0.571. The van der Waals surface area contributed by atoms with Gasteiger partial charge in [0.05, 0.1) is 19.8 Å². The Morgan fingerprint density at radius 3 is 2.58 bits per heavy atom. The van der Waals surface area contributed by atoms with E-state index in [-0.39, 0.29) is 12.6 Å². The molecular formula is C14H22ClNO3. The molecule has 0 aromatic heterocycles. The second-order valence-electron chi connectivity index (χ2n) is 4.42. The number of nitrogens with zero attached hydrogens (tertiary/aromatic N) is 1. The van der Waals surface area contributed by atoms with Crippen LogP contribution < -0.4 is 4.90 Å². The lowest BCUT2D eigenvalue weighted by Crippen LogP contribution is -2.38. The first-order valence-corrected chi connectivity index (χ1v) is 6.65.